The zero-order chi connectivity index (χ0) is 15.3. The van der Waals surface area contributed by atoms with Gasteiger partial charge in [0, 0.05) is 44.9 Å². The molecule has 2 rings (SSSR count). The first-order valence-electron chi connectivity index (χ1n) is 8.43. The molecule has 0 bridgehead atoms. The van der Waals surface area contributed by atoms with Gasteiger partial charge in [0.25, 0.3) is 0 Å². The number of hydrogen-bond donors (Lipinski definition) is 0. The van der Waals surface area contributed by atoms with Gasteiger partial charge in [-0.15, -0.1) is 0 Å². The molecule has 6 heteroatoms. The molecule has 2 aliphatic rings. The SMILES string of the molecule is CCO[Si]1(CC)OC(N2CCN(C)CC2)COCCC1C. The van der Waals surface area contributed by atoms with E-state index in [0.29, 0.717) is 12.1 Å². The Bertz CT molecular complexity index is 313. The first kappa shape index (κ1) is 17.4. The molecule has 3 atom stereocenters. The van der Waals surface area contributed by atoms with Crippen LogP contribution in [0.3, 0.4) is 0 Å². The summed E-state index contributed by atoms with van der Waals surface area (Å²) >= 11 is 0. The van der Waals surface area contributed by atoms with Crippen LogP contribution in [0.1, 0.15) is 27.2 Å². The van der Waals surface area contributed by atoms with E-state index in [2.05, 4.69) is 37.6 Å². The lowest BCUT2D eigenvalue weighted by molar-refractivity contribution is -0.0846. The molecule has 21 heavy (non-hydrogen) atoms. The van der Waals surface area contributed by atoms with E-state index < -0.39 is 8.56 Å². The Balaban J connectivity index is 2.09. The van der Waals surface area contributed by atoms with Crippen molar-refractivity contribution in [1.29, 1.82) is 0 Å². The van der Waals surface area contributed by atoms with Crippen LogP contribution in [-0.2, 0) is 13.6 Å². The lowest BCUT2D eigenvalue weighted by atomic mass is 10.3. The normalized spacial score (nSPS) is 37.1. The average Bonchev–Trinajstić information content (AvgIpc) is 2.48. The standard InChI is InChI=1S/C15H32N2O3Si/c1-5-19-21(6-2)14(3)7-12-18-13-15(20-21)17-10-8-16(4)9-11-17/h14-15H,5-13H2,1-4H3. The van der Waals surface area contributed by atoms with Gasteiger partial charge >= 0.3 is 8.56 Å². The molecule has 0 N–H and O–H groups in total. The molecule has 0 radical (unpaired) electrons. The van der Waals surface area contributed by atoms with Gasteiger partial charge in [-0.3, -0.25) is 4.90 Å². The van der Waals surface area contributed by atoms with Crippen molar-refractivity contribution in [3.8, 4) is 0 Å². The molecule has 0 aromatic carbocycles. The minimum atomic E-state index is -2.14. The minimum absolute atomic E-state index is 0.0691. The number of rotatable bonds is 4. The molecular formula is C15H32N2O3Si. The molecule has 0 aromatic rings. The summed E-state index contributed by atoms with van der Waals surface area (Å²) in [5.41, 5.74) is 0.484. The van der Waals surface area contributed by atoms with E-state index in [1.165, 1.54) is 0 Å². The molecule has 2 aliphatic heterocycles. The Morgan fingerprint density at radius 2 is 1.90 bits per heavy atom. The zero-order valence-electron chi connectivity index (χ0n) is 14.1. The molecule has 2 heterocycles. The van der Waals surface area contributed by atoms with Crippen LogP contribution < -0.4 is 0 Å². The molecule has 2 fully saturated rings. The summed E-state index contributed by atoms with van der Waals surface area (Å²) in [6, 6.07) is 1.02. The quantitative estimate of drug-likeness (QED) is 0.740. The van der Waals surface area contributed by atoms with E-state index in [9.17, 15) is 0 Å². The van der Waals surface area contributed by atoms with Crippen LogP contribution in [0.2, 0.25) is 11.6 Å². The molecule has 2 saturated heterocycles. The Morgan fingerprint density at radius 1 is 1.19 bits per heavy atom. The van der Waals surface area contributed by atoms with Crippen molar-refractivity contribution < 1.29 is 13.6 Å². The van der Waals surface area contributed by atoms with Crippen molar-refractivity contribution >= 4 is 8.56 Å². The maximum absolute atomic E-state index is 6.65. The van der Waals surface area contributed by atoms with Crippen LogP contribution in [0.5, 0.6) is 0 Å². The summed E-state index contributed by atoms with van der Waals surface area (Å²) < 4.78 is 18.7. The fourth-order valence-electron chi connectivity index (χ4n) is 3.29. The Hall–Kier alpha value is 0.0169. The topological polar surface area (TPSA) is 34.2 Å². The fourth-order valence-corrected chi connectivity index (χ4v) is 6.67. The number of hydrogen-bond acceptors (Lipinski definition) is 5. The van der Waals surface area contributed by atoms with E-state index in [0.717, 1.165) is 51.9 Å². The molecule has 0 spiro atoms. The predicted molar refractivity (Wildman–Crippen MR) is 86.7 cm³/mol. The first-order valence-corrected chi connectivity index (χ1v) is 10.5. The zero-order valence-corrected chi connectivity index (χ0v) is 15.1. The molecule has 0 aromatic heterocycles. The van der Waals surface area contributed by atoms with Crippen molar-refractivity contribution in [2.45, 2.75) is 45.0 Å². The highest BCUT2D eigenvalue weighted by Gasteiger charge is 2.45. The van der Waals surface area contributed by atoms with Crippen molar-refractivity contribution in [3.05, 3.63) is 0 Å². The van der Waals surface area contributed by atoms with Crippen LogP contribution in [-0.4, -0.2) is 77.6 Å². The van der Waals surface area contributed by atoms with E-state index in [4.69, 9.17) is 13.6 Å². The van der Waals surface area contributed by atoms with Crippen molar-refractivity contribution in [1.82, 2.24) is 9.80 Å². The smallest absolute Gasteiger partial charge is 0.342 e. The predicted octanol–water partition coefficient (Wildman–Crippen LogP) is 1.89. The van der Waals surface area contributed by atoms with Crippen molar-refractivity contribution in [2.75, 3.05) is 53.0 Å². The summed E-state index contributed by atoms with van der Waals surface area (Å²) in [5.74, 6) is 0. The number of likely N-dealkylation sites (N-methyl/N-ethyl adjacent to an activating group) is 1. The van der Waals surface area contributed by atoms with Gasteiger partial charge < -0.3 is 18.5 Å². The molecular weight excluding hydrogens is 284 g/mol. The molecule has 3 unspecified atom stereocenters. The van der Waals surface area contributed by atoms with Crippen molar-refractivity contribution in [2.24, 2.45) is 0 Å². The highest BCUT2D eigenvalue weighted by molar-refractivity contribution is 6.68. The van der Waals surface area contributed by atoms with Crippen LogP contribution in [0.4, 0.5) is 0 Å². The van der Waals surface area contributed by atoms with Gasteiger partial charge in [0.1, 0.15) is 6.23 Å². The van der Waals surface area contributed by atoms with Gasteiger partial charge in [-0.25, -0.2) is 0 Å². The third-order valence-corrected chi connectivity index (χ3v) is 9.09. The van der Waals surface area contributed by atoms with Crippen LogP contribution >= 0.6 is 0 Å². The highest BCUT2D eigenvalue weighted by Crippen LogP contribution is 2.34. The Morgan fingerprint density at radius 3 is 2.52 bits per heavy atom. The third kappa shape index (κ3) is 4.27. The number of piperazine rings is 1. The summed E-state index contributed by atoms with van der Waals surface area (Å²) in [6.07, 6.45) is 1.12. The van der Waals surface area contributed by atoms with Crippen LogP contribution in [0, 0.1) is 0 Å². The van der Waals surface area contributed by atoms with E-state index in [1.54, 1.807) is 0 Å². The summed E-state index contributed by atoms with van der Waals surface area (Å²) in [4.78, 5) is 4.81. The highest BCUT2D eigenvalue weighted by atomic mass is 28.4. The third-order valence-electron chi connectivity index (χ3n) is 4.87. The second kappa shape index (κ2) is 8.03. The lowest BCUT2D eigenvalue weighted by Gasteiger charge is -2.44. The van der Waals surface area contributed by atoms with Crippen LogP contribution in [0.25, 0.3) is 0 Å². The fraction of sp³-hybridized carbons (Fsp3) is 1.00. The second-order valence-electron chi connectivity index (χ2n) is 6.27. The van der Waals surface area contributed by atoms with Gasteiger partial charge in [0.15, 0.2) is 0 Å². The van der Waals surface area contributed by atoms with Gasteiger partial charge in [0.2, 0.25) is 0 Å². The van der Waals surface area contributed by atoms with Crippen molar-refractivity contribution in [3.63, 3.8) is 0 Å². The van der Waals surface area contributed by atoms with Gasteiger partial charge in [-0.2, -0.15) is 0 Å². The number of nitrogens with zero attached hydrogens (tertiary/aromatic N) is 2. The Kier molecular flexibility index (Phi) is 6.65. The molecule has 0 saturated carbocycles. The first-order chi connectivity index (χ1) is 10.1. The monoisotopic (exact) mass is 316 g/mol. The lowest BCUT2D eigenvalue weighted by Crippen LogP contribution is -2.58. The minimum Gasteiger partial charge on any atom is -0.394 e. The van der Waals surface area contributed by atoms with E-state index in [-0.39, 0.29) is 6.23 Å². The molecule has 124 valence electrons. The molecule has 0 amide bonds. The number of ether oxygens (including phenoxy) is 1. The maximum atomic E-state index is 6.65. The van der Waals surface area contributed by atoms with Gasteiger partial charge in [-0.05, 0) is 26.4 Å². The molecule has 5 nitrogen and oxygen atoms in total. The summed E-state index contributed by atoms with van der Waals surface area (Å²) in [7, 11) is 0.0388. The maximum Gasteiger partial charge on any atom is 0.342 e. The van der Waals surface area contributed by atoms with E-state index in [1.807, 2.05) is 0 Å². The average molecular weight is 317 g/mol. The summed E-state index contributed by atoms with van der Waals surface area (Å²) in [6.45, 7) is 13.2. The summed E-state index contributed by atoms with van der Waals surface area (Å²) in [5, 5.41) is 0. The van der Waals surface area contributed by atoms with E-state index >= 15 is 0 Å². The van der Waals surface area contributed by atoms with Gasteiger partial charge in [0.05, 0.1) is 6.61 Å². The second-order valence-corrected chi connectivity index (χ2v) is 10.1. The largest absolute Gasteiger partial charge is 0.394 e. The van der Waals surface area contributed by atoms with Crippen LogP contribution in [0.15, 0.2) is 0 Å². The van der Waals surface area contributed by atoms with Gasteiger partial charge in [-0.1, -0.05) is 13.8 Å². The molecule has 0 aliphatic carbocycles. The Labute approximate surface area is 130 Å².